The summed E-state index contributed by atoms with van der Waals surface area (Å²) in [5.41, 5.74) is 2.03. The smallest absolute Gasteiger partial charge is 0.306 e. The van der Waals surface area contributed by atoms with Crippen LogP contribution in [0.4, 0.5) is 11.4 Å². The highest BCUT2D eigenvalue weighted by Crippen LogP contribution is 2.17. The van der Waals surface area contributed by atoms with E-state index in [0.717, 1.165) is 24.5 Å². The maximum Gasteiger partial charge on any atom is 0.306 e. The molecule has 0 amide bonds. The molecule has 1 rings (SSSR count). The van der Waals surface area contributed by atoms with E-state index in [0.29, 0.717) is 0 Å². The highest BCUT2D eigenvalue weighted by atomic mass is 16.4. The summed E-state index contributed by atoms with van der Waals surface area (Å²) in [6.07, 6.45) is -1.12. The van der Waals surface area contributed by atoms with Crippen molar-refractivity contribution in [3.05, 3.63) is 24.3 Å². The van der Waals surface area contributed by atoms with Crippen LogP contribution in [0.5, 0.6) is 0 Å². The number of carbonyl (C=O) groups is 1. The summed E-state index contributed by atoms with van der Waals surface area (Å²) < 4.78 is 0. The maximum absolute atomic E-state index is 10.4. The fraction of sp³-hybridized carbons (Fsp3) is 0.500. The van der Waals surface area contributed by atoms with E-state index in [9.17, 15) is 9.90 Å². The first-order valence-corrected chi connectivity index (χ1v) is 6.55. The monoisotopic (exact) mass is 266 g/mol. The van der Waals surface area contributed by atoms with Crippen LogP contribution in [0.2, 0.25) is 0 Å². The van der Waals surface area contributed by atoms with Gasteiger partial charge in [-0.05, 0) is 38.1 Å². The van der Waals surface area contributed by atoms with E-state index in [-0.39, 0.29) is 13.0 Å². The minimum Gasteiger partial charge on any atom is -0.481 e. The van der Waals surface area contributed by atoms with E-state index in [1.54, 1.807) is 0 Å². The van der Waals surface area contributed by atoms with Gasteiger partial charge in [-0.3, -0.25) is 4.79 Å². The van der Waals surface area contributed by atoms with Gasteiger partial charge in [-0.2, -0.15) is 0 Å². The minimum atomic E-state index is -0.994. The van der Waals surface area contributed by atoms with Crippen LogP contribution in [-0.2, 0) is 4.79 Å². The van der Waals surface area contributed by atoms with Crippen molar-refractivity contribution >= 4 is 17.3 Å². The number of hydrogen-bond donors (Lipinski definition) is 3. The number of anilines is 2. The Morgan fingerprint density at radius 1 is 1.26 bits per heavy atom. The van der Waals surface area contributed by atoms with E-state index in [1.807, 2.05) is 24.3 Å². The Labute approximate surface area is 113 Å². The average molecular weight is 266 g/mol. The summed E-state index contributed by atoms with van der Waals surface area (Å²) in [6, 6.07) is 7.89. The van der Waals surface area contributed by atoms with E-state index >= 15 is 0 Å². The predicted molar refractivity (Wildman–Crippen MR) is 76.8 cm³/mol. The summed E-state index contributed by atoms with van der Waals surface area (Å²) in [5.74, 6) is -0.994. The first-order chi connectivity index (χ1) is 9.06. The van der Waals surface area contributed by atoms with Gasteiger partial charge in [-0.1, -0.05) is 0 Å². The number of aliphatic hydroxyl groups is 1. The molecule has 5 nitrogen and oxygen atoms in total. The van der Waals surface area contributed by atoms with Gasteiger partial charge < -0.3 is 20.4 Å². The quantitative estimate of drug-likeness (QED) is 0.669. The molecule has 5 heteroatoms. The fourth-order valence-corrected chi connectivity index (χ4v) is 1.89. The molecule has 0 aromatic heterocycles. The molecule has 1 unspecified atom stereocenters. The third kappa shape index (κ3) is 5.18. The van der Waals surface area contributed by atoms with E-state index < -0.39 is 12.1 Å². The zero-order valence-electron chi connectivity index (χ0n) is 11.5. The van der Waals surface area contributed by atoms with Crippen molar-refractivity contribution in [2.45, 2.75) is 26.4 Å². The fourth-order valence-electron chi connectivity index (χ4n) is 1.89. The van der Waals surface area contributed by atoms with E-state index in [2.05, 4.69) is 24.1 Å². The van der Waals surface area contributed by atoms with Crippen LogP contribution in [-0.4, -0.2) is 41.9 Å². The Hall–Kier alpha value is -1.75. The highest BCUT2D eigenvalue weighted by molar-refractivity contribution is 5.67. The van der Waals surface area contributed by atoms with Gasteiger partial charge in [0.2, 0.25) is 0 Å². The molecule has 0 bridgehead atoms. The molecule has 1 aromatic carbocycles. The largest absolute Gasteiger partial charge is 0.481 e. The predicted octanol–water partition coefficient (Wildman–Crippen LogP) is 1.78. The number of aliphatic carboxylic acids is 1. The Morgan fingerprint density at radius 3 is 2.32 bits per heavy atom. The number of benzene rings is 1. The second-order valence-electron chi connectivity index (χ2n) is 4.35. The molecule has 3 N–H and O–H groups in total. The van der Waals surface area contributed by atoms with Gasteiger partial charge in [0.15, 0.2) is 0 Å². The molecule has 0 saturated carbocycles. The van der Waals surface area contributed by atoms with Crippen LogP contribution in [0.1, 0.15) is 20.3 Å². The molecule has 106 valence electrons. The molecule has 0 radical (unpaired) electrons. The lowest BCUT2D eigenvalue weighted by Gasteiger charge is -2.21. The lowest BCUT2D eigenvalue weighted by molar-refractivity contribution is -0.138. The zero-order chi connectivity index (χ0) is 14.3. The lowest BCUT2D eigenvalue weighted by Crippen LogP contribution is -2.23. The first-order valence-electron chi connectivity index (χ1n) is 6.55. The van der Waals surface area contributed by atoms with Crippen molar-refractivity contribution in [3.63, 3.8) is 0 Å². The summed E-state index contributed by atoms with van der Waals surface area (Å²) in [4.78, 5) is 12.7. The molecule has 0 aliphatic rings. The van der Waals surface area contributed by atoms with Gasteiger partial charge in [0.1, 0.15) is 0 Å². The number of rotatable bonds is 8. The number of nitrogens with zero attached hydrogens (tertiary/aromatic N) is 1. The number of aliphatic hydroxyl groups excluding tert-OH is 1. The van der Waals surface area contributed by atoms with Crippen molar-refractivity contribution in [1.82, 2.24) is 0 Å². The molecule has 19 heavy (non-hydrogen) atoms. The highest BCUT2D eigenvalue weighted by Gasteiger charge is 2.09. The lowest BCUT2D eigenvalue weighted by atomic mass is 10.2. The SMILES string of the molecule is CCN(CC)c1ccc(NCC(O)CC(=O)O)cc1. The van der Waals surface area contributed by atoms with Crippen LogP contribution < -0.4 is 10.2 Å². The van der Waals surface area contributed by atoms with Crippen molar-refractivity contribution in [1.29, 1.82) is 0 Å². The maximum atomic E-state index is 10.4. The summed E-state index contributed by atoms with van der Waals surface area (Å²) >= 11 is 0. The second kappa shape index (κ2) is 7.63. The Morgan fingerprint density at radius 2 is 1.84 bits per heavy atom. The molecule has 0 heterocycles. The van der Waals surface area contributed by atoms with Crippen LogP contribution in [0.3, 0.4) is 0 Å². The third-order valence-corrected chi connectivity index (χ3v) is 2.95. The number of carboxylic acid groups (broad SMARTS) is 1. The van der Waals surface area contributed by atoms with Crippen molar-refractivity contribution in [3.8, 4) is 0 Å². The van der Waals surface area contributed by atoms with Crippen molar-refractivity contribution in [2.75, 3.05) is 29.9 Å². The van der Waals surface area contributed by atoms with Crippen LogP contribution >= 0.6 is 0 Å². The Balaban J connectivity index is 2.50. The Bertz CT molecular complexity index is 388. The number of hydrogen-bond acceptors (Lipinski definition) is 4. The van der Waals surface area contributed by atoms with Gasteiger partial charge in [0.25, 0.3) is 0 Å². The number of carboxylic acids is 1. The second-order valence-corrected chi connectivity index (χ2v) is 4.35. The molecule has 0 aliphatic carbocycles. The number of nitrogens with one attached hydrogen (secondary N) is 1. The molecule has 1 atom stereocenters. The summed E-state index contributed by atoms with van der Waals surface area (Å²) in [5, 5.41) is 21.0. The van der Waals surface area contributed by atoms with Crippen molar-refractivity contribution in [2.24, 2.45) is 0 Å². The third-order valence-electron chi connectivity index (χ3n) is 2.95. The van der Waals surface area contributed by atoms with Crippen LogP contribution in [0.15, 0.2) is 24.3 Å². The summed E-state index contributed by atoms with van der Waals surface area (Å²) in [6.45, 7) is 6.37. The van der Waals surface area contributed by atoms with Crippen LogP contribution in [0.25, 0.3) is 0 Å². The zero-order valence-corrected chi connectivity index (χ0v) is 11.5. The van der Waals surface area contributed by atoms with Gasteiger partial charge >= 0.3 is 5.97 Å². The van der Waals surface area contributed by atoms with E-state index in [4.69, 9.17) is 5.11 Å². The topological polar surface area (TPSA) is 72.8 Å². The molecule has 1 aromatic rings. The average Bonchev–Trinajstić information content (AvgIpc) is 2.38. The molecular weight excluding hydrogens is 244 g/mol. The van der Waals surface area contributed by atoms with Gasteiger partial charge in [-0.15, -0.1) is 0 Å². The van der Waals surface area contributed by atoms with Crippen LogP contribution in [0, 0.1) is 0 Å². The van der Waals surface area contributed by atoms with Gasteiger partial charge in [0.05, 0.1) is 12.5 Å². The van der Waals surface area contributed by atoms with Crippen molar-refractivity contribution < 1.29 is 15.0 Å². The first kappa shape index (κ1) is 15.3. The molecular formula is C14H22N2O3. The van der Waals surface area contributed by atoms with E-state index in [1.165, 1.54) is 0 Å². The van der Waals surface area contributed by atoms with Gasteiger partial charge in [-0.25, -0.2) is 0 Å². The summed E-state index contributed by atoms with van der Waals surface area (Å²) in [7, 11) is 0. The normalized spacial score (nSPS) is 11.9. The molecule has 0 spiro atoms. The Kier molecular flexibility index (Phi) is 6.15. The van der Waals surface area contributed by atoms with Gasteiger partial charge in [0, 0.05) is 31.0 Å². The minimum absolute atomic E-state index is 0.233. The molecule has 0 aliphatic heterocycles. The molecule has 0 saturated heterocycles. The molecule has 0 fully saturated rings. The standard InChI is InChI=1S/C14H22N2O3/c1-3-16(4-2)12-7-5-11(6-8-12)15-10-13(17)9-14(18)19/h5-8,13,15,17H,3-4,9-10H2,1-2H3,(H,18,19).